The minimum atomic E-state index is -0.579. The molecule has 0 saturated heterocycles. The normalized spacial score (nSPS) is 12.5. The Kier molecular flexibility index (Phi) is 11.4. The predicted molar refractivity (Wildman–Crippen MR) is 139 cm³/mol. The van der Waals surface area contributed by atoms with Gasteiger partial charge in [-0.05, 0) is 75.9 Å². The average Bonchev–Trinajstić information content (AvgIpc) is 2.83. The lowest BCUT2D eigenvalue weighted by Crippen LogP contribution is -2.49. The van der Waals surface area contributed by atoms with Crippen molar-refractivity contribution in [2.24, 2.45) is 0 Å². The SMILES string of the molecule is CCOc1ccc(CCC(=O)N(Cc2ccc(Br)cc2)[C@@H](C)C(=O)N[C@@H](C)CC)cc1OCC. The molecule has 6 nitrogen and oxygen atoms in total. The number of carbonyl (C=O) groups excluding carboxylic acids is 2. The maximum absolute atomic E-state index is 13.3. The number of nitrogens with one attached hydrogen (secondary N) is 1. The highest BCUT2D eigenvalue weighted by atomic mass is 79.9. The van der Waals surface area contributed by atoms with E-state index in [0.717, 1.165) is 22.0 Å². The van der Waals surface area contributed by atoms with Gasteiger partial charge < -0.3 is 19.7 Å². The van der Waals surface area contributed by atoms with E-state index >= 15 is 0 Å². The first kappa shape index (κ1) is 27.7. The number of ether oxygens (including phenoxy) is 2. The fraction of sp³-hybridized carbons (Fsp3) is 0.481. The average molecular weight is 534 g/mol. The number of hydrogen-bond acceptors (Lipinski definition) is 4. The van der Waals surface area contributed by atoms with Crippen LogP contribution in [0.2, 0.25) is 0 Å². The molecule has 2 aromatic carbocycles. The van der Waals surface area contributed by atoms with Crippen molar-refractivity contribution in [3.8, 4) is 11.5 Å². The van der Waals surface area contributed by atoms with Gasteiger partial charge in [0.15, 0.2) is 11.5 Å². The summed E-state index contributed by atoms with van der Waals surface area (Å²) < 4.78 is 12.3. The lowest BCUT2D eigenvalue weighted by molar-refractivity contribution is -0.140. The third-order valence-corrected chi connectivity index (χ3v) is 6.20. The summed E-state index contributed by atoms with van der Waals surface area (Å²) in [5.41, 5.74) is 1.96. The molecule has 0 heterocycles. The van der Waals surface area contributed by atoms with E-state index in [1.165, 1.54) is 0 Å². The van der Waals surface area contributed by atoms with E-state index in [4.69, 9.17) is 9.47 Å². The van der Waals surface area contributed by atoms with Crippen molar-refractivity contribution in [1.82, 2.24) is 10.2 Å². The number of amides is 2. The maximum atomic E-state index is 13.3. The number of hydrogen-bond donors (Lipinski definition) is 1. The highest BCUT2D eigenvalue weighted by molar-refractivity contribution is 9.10. The van der Waals surface area contributed by atoms with Crippen LogP contribution < -0.4 is 14.8 Å². The van der Waals surface area contributed by atoms with Crippen LogP contribution in [0.5, 0.6) is 11.5 Å². The molecular weight excluding hydrogens is 496 g/mol. The predicted octanol–water partition coefficient (Wildman–Crippen LogP) is 5.51. The number of rotatable bonds is 13. The zero-order chi connectivity index (χ0) is 25.1. The monoisotopic (exact) mass is 532 g/mol. The molecular formula is C27H37BrN2O4. The molecule has 0 fully saturated rings. The van der Waals surface area contributed by atoms with E-state index in [1.54, 1.807) is 11.8 Å². The fourth-order valence-corrected chi connectivity index (χ4v) is 3.74. The summed E-state index contributed by atoms with van der Waals surface area (Å²) in [6.07, 6.45) is 1.66. The highest BCUT2D eigenvalue weighted by Crippen LogP contribution is 2.29. The summed E-state index contributed by atoms with van der Waals surface area (Å²) in [6, 6.07) is 13.1. The summed E-state index contributed by atoms with van der Waals surface area (Å²) in [5, 5.41) is 3.00. The zero-order valence-corrected chi connectivity index (χ0v) is 22.5. The van der Waals surface area contributed by atoms with Crippen LogP contribution in [-0.4, -0.2) is 42.0 Å². The van der Waals surface area contributed by atoms with Gasteiger partial charge in [0.1, 0.15) is 6.04 Å². The van der Waals surface area contributed by atoms with Crippen LogP contribution in [0.3, 0.4) is 0 Å². The van der Waals surface area contributed by atoms with Crippen LogP contribution in [0.4, 0.5) is 0 Å². The molecule has 2 rings (SSSR count). The first-order chi connectivity index (χ1) is 16.3. The molecule has 2 amide bonds. The Labute approximate surface area is 212 Å². The Morgan fingerprint density at radius 1 is 0.941 bits per heavy atom. The molecule has 2 aromatic rings. The number of carbonyl (C=O) groups is 2. The molecule has 0 aliphatic heterocycles. The standard InChI is InChI=1S/C27H37BrN2O4/c1-6-19(4)29-27(32)20(5)30(18-22-9-13-23(28)14-10-22)26(31)16-12-21-11-15-24(33-7-2)25(17-21)34-8-3/h9-11,13-15,17,19-20H,6-8,12,16,18H2,1-5H3,(H,29,32)/t19-,20-/m0/s1. The molecule has 7 heteroatoms. The number of aryl methyl sites for hydroxylation is 1. The first-order valence-corrected chi connectivity index (χ1v) is 12.8. The van der Waals surface area contributed by atoms with Gasteiger partial charge in [-0.1, -0.05) is 41.1 Å². The Balaban J connectivity index is 2.17. The van der Waals surface area contributed by atoms with Crippen LogP contribution in [0, 0.1) is 0 Å². The summed E-state index contributed by atoms with van der Waals surface area (Å²) in [6.45, 7) is 11.1. The lowest BCUT2D eigenvalue weighted by Gasteiger charge is -2.30. The van der Waals surface area contributed by atoms with Gasteiger partial charge in [-0.25, -0.2) is 0 Å². The van der Waals surface area contributed by atoms with E-state index in [2.05, 4.69) is 21.2 Å². The van der Waals surface area contributed by atoms with E-state index in [0.29, 0.717) is 37.7 Å². The van der Waals surface area contributed by atoms with Gasteiger partial charge in [-0.15, -0.1) is 0 Å². The second-order valence-corrected chi connectivity index (χ2v) is 9.20. The van der Waals surface area contributed by atoms with Crippen molar-refractivity contribution < 1.29 is 19.1 Å². The molecule has 0 aliphatic rings. The number of halogens is 1. The Bertz CT molecular complexity index is 933. The molecule has 0 saturated carbocycles. The second kappa shape index (κ2) is 14.0. The van der Waals surface area contributed by atoms with Crippen molar-refractivity contribution in [3.63, 3.8) is 0 Å². The van der Waals surface area contributed by atoms with Gasteiger partial charge in [0, 0.05) is 23.5 Å². The second-order valence-electron chi connectivity index (χ2n) is 8.29. The van der Waals surface area contributed by atoms with Gasteiger partial charge in [-0.3, -0.25) is 9.59 Å². The molecule has 34 heavy (non-hydrogen) atoms. The Morgan fingerprint density at radius 2 is 1.56 bits per heavy atom. The molecule has 0 radical (unpaired) electrons. The molecule has 1 N–H and O–H groups in total. The van der Waals surface area contributed by atoms with Crippen LogP contribution in [0.1, 0.15) is 58.6 Å². The minimum Gasteiger partial charge on any atom is -0.490 e. The topological polar surface area (TPSA) is 67.9 Å². The van der Waals surface area contributed by atoms with E-state index in [9.17, 15) is 9.59 Å². The maximum Gasteiger partial charge on any atom is 0.242 e. The highest BCUT2D eigenvalue weighted by Gasteiger charge is 2.26. The zero-order valence-electron chi connectivity index (χ0n) is 20.9. The van der Waals surface area contributed by atoms with Crippen molar-refractivity contribution >= 4 is 27.7 Å². The summed E-state index contributed by atoms with van der Waals surface area (Å²) in [4.78, 5) is 27.9. The van der Waals surface area contributed by atoms with Gasteiger partial charge in [0.25, 0.3) is 0 Å². The summed E-state index contributed by atoms with van der Waals surface area (Å²) in [7, 11) is 0. The fourth-order valence-electron chi connectivity index (χ4n) is 3.48. The third kappa shape index (κ3) is 8.35. The van der Waals surface area contributed by atoms with E-state index < -0.39 is 6.04 Å². The van der Waals surface area contributed by atoms with E-state index in [1.807, 2.05) is 70.2 Å². The first-order valence-electron chi connectivity index (χ1n) is 12.0. The Morgan fingerprint density at radius 3 is 2.18 bits per heavy atom. The number of nitrogens with zero attached hydrogens (tertiary/aromatic N) is 1. The third-order valence-electron chi connectivity index (χ3n) is 5.67. The summed E-state index contributed by atoms with van der Waals surface area (Å²) in [5.74, 6) is 1.18. The molecule has 0 unspecified atom stereocenters. The quantitative estimate of drug-likeness (QED) is 0.369. The largest absolute Gasteiger partial charge is 0.490 e. The van der Waals surface area contributed by atoms with Crippen molar-refractivity contribution in [2.45, 2.75) is 72.5 Å². The van der Waals surface area contributed by atoms with Crippen molar-refractivity contribution in [1.29, 1.82) is 0 Å². The Hall–Kier alpha value is -2.54. The van der Waals surface area contributed by atoms with E-state index in [-0.39, 0.29) is 24.3 Å². The van der Waals surface area contributed by atoms with Crippen LogP contribution in [0.15, 0.2) is 46.9 Å². The van der Waals surface area contributed by atoms with Crippen LogP contribution >= 0.6 is 15.9 Å². The van der Waals surface area contributed by atoms with Crippen LogP contribution in [0.25, 0.3) is 0 Å². The molecule has 0 aromatic heterocycles. The molecule has 0 aliphatic carbocycles. The van der Waals surface area contributed by atoms with Gasteiger partial charge in [0.2, 0.25) is 11.8 Å². The van der Waals surface area contributed by atoms with Gasteiger partial charge in [-0.2, -0.15) is 0 Å². The van der Waals surface area contributed by atoms with Crippen LogP contribution in [-0.2, 0) is 22.6 Å². The van der Waals surface area contributed by atoms with Crippen molar-refractivity contribution in [2.75, 3.05) is 13.2 Å². The van der Waals surface area contributed by atoms with Gasteiger partial charge in [0.05, 0.1) is 13.2 Å². The molecule has 2 atom stereocenters. The molecule has 0 bridgehead atoms. The number of benzene rings is 2. The smallest absolute Gasteiger partial charge is 0.242 e. The molecule has 186 valence electrons. The summed E-state index contributed by atoms with van der Waals surface area (Å²) >= 11 is 3.45. The van der Waals surface area contributed by atoms with Crippen molar-refractivity contribution in [3.05, 3.63) is 58.1 Å². The lowest BCUT2D eigenvalue weighted by atomic mass is 10.1. The minimum absolute atomic E-state index is 0.0559. The molecule has 0 spiro atoms. The van der Waals surface area contributed by atoms with Gasteiger partial charge >= 0.3 is 0 Å².